The first-order valence-electron chi connectivity index (χ1n) is 12.1. The van der Waals surface area contributed by atoms with E-state index >= 15 is 0 Å². The molecule has 184 valence electrons. The van der Waals surface area contributed by atoms with Crippen molar-refractivity contribution in [1.82, 2.24) is 20.2 Å². The second kappa shape index (κ2) is 9.13. The van der Waals surface area contributed by atoms with E-state index in [2.05, 4.69) is 53.6 Å². The molecular formula is C29H21N7OS. The van der Waals surface area contributed by atoms with Gasteiger partial charge in [-0.25, -0.2) is 0 Å². The molecule has 0 radical (unpaired) electrons. The van der Waals surface area contributed by atoms with Crippen LogP contribution < -0.4 is 16.0 Å². The first-order valence-corrected chi connectivity index (χ1v) is 13.0. The van der Waals surface area contributed by atoms with Crippen molar-refractivity contribution in [2.24, 2.45) is 0 Å². The van der Waals surface area contributed by atoms with Crippen molar-refractivity contribution >= 4 is 45.2 Å². The summed E-state index contributed by atoms with van der Waals surface area (Å²) in [5, 5.41) is 20.9. The van der Waals surface area contributed by atoms with Gasteiger partial charge in [-0.3, -0.25) is 19.9 Å². The minimum absolute atomic E-state index is 0.175. The molecule has 4 N–H and O–H groups in total. The number of benzene rings is 2. The van der Waals surface area contributed by atoms with Gasteiger partial charge in [-0.1, -0.05) is 30.3 Å². The summed E-state index contributed by atoms with van der Waals surface area (Å²) in [6.45, 7) is 0. The molecule has 0 fully saturated rings. The minimum Gasteiger partial charge on any atom is -0.358 e. The molecule has 0 saturated heterocycles. The Morgan fingerprint density at radius 1 is 0.868 bits per heavy atom. The maximum Gasteiger partial charge on any atom is 0.255 e. The Morgan fingerprint density at radius 3 is 2.63 bits per heavy atom. The molecule has 1 amide bonds. The van der Waals surface area contributed by atoms with E-state index in [-0.39, 0.29) is 12.1 Å². The van der Waals surface area contributed by atoms with Gasteiger partial charge in [0.2, 0.25) is 0 Å². The molecule has 2 aromatic carbocycles. The number of amides is 1. The van der Waals surface area contributed by atoms with Crippen molar-refractivity contribution in [3.8, 4) is 21.6 Å². The molecule has 0 bridgehead atoms. The fraction of sp³-hybridized carbons (Fsp3) is 0.0345. The highest BCUT2D eigenvalue weighted by Gasteiger charge is 2.27. The van der Waals surface area contributed by atoms with Gasteiger partial charge in [0.05, 0.1) is 40.7 Å². The van der Waals surface area contributed by atoms with Gasteiger partial charge in [0.25, 0.3) is 5.91 Å². The molecule has 1 unspecified atom stereocenters. The van der Waals surface area contributed by atoms with E-state index in [0.717, 1.165) is 49.5 Å². The van der Waals surface area contributed by atoms with Crippen LogP contribution in [-0.2, 0) is 0 Å². The Morgan fingerprint density at radius 2 is 1.76 bits per heavy atom. The van der Waals surface area contributed by atoms with Crippen molar-refractivity contribution < 1.29 is 4.79 Å². The summed E-state index contributed by atoms with van der Waals surface area (Å²) in [5.41, 5.74) is 7.92. The molecule has 38 heavy (non-hydrogen) atoms. The zero-order valence-corrected chi connectivity index (χ0v) is 20.8. The Hall–Kier alpha value is -5.02. The van der Waals surface area contributed by atoms with Crippen LogP contribution in [0.4, 0.5) is 17.1 Å². The third kappa shape index (κ3) is 3.95. The predicted molar refractivity (Wildman–Crippen MR) is 151 cm³/mol. The van der Waals surface area contributed by atoms with Crippen LogP contribution in [0.2, 0.25) is 0 Å². The van der Waals surface area contributed by atoms with Crippen LogP contribution in [0.3, 0.4) is 0 Å². The predicted octanol–water partition coefficient (Wildman–Crippen LogP) is 6.54. The smallest absolute Gasteiger partial charge is 0.255 e. The van der Waals surface area contributed by atoms with Crippen LogP contribution in [0.1, 0.15) is 22.2 Å². The number of rotatable bonds is 5. The van der Waals surface area contributed by atoms with Crippen LogP contribution in [0.5, 0.6) is 0 Å². The quantitative estimate of drug-likeness (QED) is 0.208. The van der Waals surface area contributed by atoms with Crippen LogP contribution in [0, 0.1) is 0 Å². The number of hydrogen-bond acceptors (Lipinski definition) is 7. The van der Waals surface area contributed by atoms with E-state index in [1.54, 1.807) is 35.9 Å². The van der Waals surface area contributed by atoms with Crippen molar-refractivity contribution in [2.75, 3.05) is 16.0 Å². The number of pyridine rings is 2. The largest absolute Gasteiger partial charge is 0.358 e. The molecule has 9 heteroatoms. The van der Waals surface area contributed by atoms with Gasteiger partial charge in [-0.15, -0.1) is 11.3 Å². The second-order valence-corrected chi connectivity index (χ2v) is 9.91. The van der Waals surface area contributed by atoms with Crippen LogP contribution in [0.25, 0.3) is 32.5 Å². The summed E-state index contributed by atoms with van der Waals surface area (Å²) in [6.07, 6.45) is 6.98. The molecule has 4 aromatic heterocycles. The summed E-state index contributed by atoms with van der Waals surface area (Å²) >= 11 is 1.69. The van der Waals surface area contributed by atoms with Crippen molar-refractivity contribution in [3.63, 3.8) is 0 Å². The van der Waals surface area contributed by atoms with Gasteiger partial charge in [0.1, 0.15) is 6.17 Å². The van der Waals surface area contributed by atoms with Gasteiger partial charge in [-0.05, 0) is 47.3 Å². The van der Waals surface area contributed by atoms with E-state index < -0.39 is 0 Å². The number of aromatic amines is 1. The molecule has 1 aliphatic rings. The van der Waals surface area contributed by atoms with E-state index in [4.69, 9.17) is 0 Å². The number of H-pyrrole nitrogens is 1. The minimum atomic E-state index is -0.192. The SMILES string of the molecule is O=C(Nc1cncc(-c2ccc3n[nH]c(C4Nc5cncc(-c6cccs6)c5N4)c3c2)c1)c1ccccc1. The summed E-state index contributed by atoms with van der Waals surface area (Å²) in [5.74, 6) is -0.175. The number of aromatic nitrogens is 4. The summed E-state index contributed by atoms with van der Waals surface area (Å²) in [7, 11) is 0. The molecule has 6 aromatic rings. The molecular weight excluding hydrogens is 494 g/mol. The van der Waals surface area contributed by atoms with E-state index in [1.807, 2.05) is 54.9 Å². The number of fused-ring (bicyclic) bond motifs is 2. The Kier molecular flexibility index (Phi) is 5.33. The lowest BCUT2D eigenvalue weighted by atomic mass is 10.0. The normalized spacial score (nSPS) is 14.1. The zero-order chi connectivity index (χ0) is 25.5. The molecule has 0 spiro atoms. The number of nitrogens with zero attached hydrogens (tertiary/aromatic N) is 3. The topological polar surface area (TPSA) is 108 Å². The average Bonchev–Trinajstić information content (AvgIpc) is 3.73. The second-order valence-electron chi connectivity index (χ2n) is 8.96. The van der Waals surface area contributed by atoms with Gasteiger partial charge < -0.3 is 16.0 Å². The first-order chi connectivity index (χ1) is 18.7. The Labute approximate surface area is 221 Å². The van der Waals surface area contributed by atoms with Crippen molar-refractivity contribution in [1.29, 1.82) is 0 Å². The lowest BCUT2D eigenvalue weighted by Crippen LogP contribution is -2.13. The fourth-order valence-electron chi connectivity index (χ4n) is 4.71. The number of nitrogens with one attached hydrogen (secondary N) is 4. The van der Waals surface area contributed by atoms with Crippen molar-refractivity contribution in [2.45, 2.75) is 6.17 Å². The first kappa shape index (κ1) is 22.2. The van der Waals surface area contributed by atoms with Gasteiger partial charge in [0.15, 0.2) is 0 Å². The van der Waals surface area contributed by atoms with E-state index in [0.29, 0.717) is 11.3 Å². The summed E-state index contributed by atoms with van der Waals surface area (Å²) < 4.78 is 0. The summed E-state index contributed by atoms with van der Waals surface area (Å²) in [6, 6.07) is 21.3. The third-order valence-corrected chi connectivity index (χ3v) is 7.46. The van der Waals surface area contributed by atoms with Crippen LogP contribution in [-0.4, -0.2) is 26.1 Å². The summed E-state index contributed by atoms with van der Waals surface area (Å²) in [4.78, 5) is 22.6. The number of thiophene rings is 1. The fourth-order valence-corrected chi connectivity index (χ4v) is 5.46. The molecule has 8 nitrogen and oxygen atoms in total. The van der Waals surface area contributed by atoms with Gasteiger partial charge in [-0.2, -0.15) is 5.10 Å². The highest BCUT2D eigenvalue weighted by atomic mass is 32.1. The van der Waals surface area contributed by atoms with Crippen LogP contribution >= 0.6 is 11.3 Å². The number of carbonyl (C=O) groups is 1. The monoisotopic (exact) mass is 515 g/mol. The Bertz CT molecular complexity index is 1780. The molecule has 5 heterocycles. The molecule has 1 aliphatic heterocycles. The zero-order valence-electron chi connectivity index (χ0n) is 20.0. The molecule has 1 atom stereocenters. The van der Waals surface area contributed by atoms with Crippen molar-refractivity contribution in [3.05, 3.63) is 108 Å². The lowest BCUT2D eigenvalue weighted by molar-refractivity contribution is 0.102. The third-order valence-electron chi connectivity index (χ3n) is 6.56. The van der Waals surface area contributed by atoms with E-state index in [9.17, 15) is 4.79 Å². The number of carbonyl (C=O) groups excluding carboxylic acids is 1. The lowest BCUT2D eigenvalue weighted by Gasteiger charge is -2.12. The highest BCUT2D eigenvalue weighted by molar-refractivity contribution is 7.13. The molecule has 0 aliphatic carbocycles. The van der Waals surface area contributed by atoms with Gasteiger partial charge >= 0.3 is 0 Å². The van der Waals surface area contributed by atoms with E-state index in [1.165, 1.54) is 0 Å². The maximum absolute atomic E-state index is 12.6. The average molecular weight is 516 g/mol. The van der Waals surface area contributed by atoms with Gasteiger partial charge in [0, 0.05) is 39.3 Å². The number of hydrogen-bond donors (Lipinski definition) is 4. The highest BCUT2D eigenvalue weighted by Crippen LogP contribution is 2.43. The molecule has 7 rings (SSSR count). The standard InChI is InChI=1S/C29H21N7OS/c37-29(17-5-2-1-3-6-17)32-20-11-19(13-30-14-20)18-8-9-23-21(12-18)27(36-35-23)28-33-24-16-31-15-22(26(24)34-28)25-7-4-10-38-25/h1-16,28,33-34H,(H,32,37)(H,35,36). The van der Waals surface area contributed by atoms with Crippen LogP contribution in [0.15, 0.2) is 96.9 Å². The Balaban J connectivity index is 1.19. The molecule has 0 saturated carbocycles. The maximum atomic E-state index is 12.6. The number of anilines is 3.